The molecule has 0 saturated carbocycles. The van der Waals surface area contributed by atoms with Crippen LogP contribution in [0, 0.1) is 0 Å². The van der Waals surface area contributed by atoms with Crippen LogP contribution in [0.3, 0.4) is 0 Å². The quantitative estimate of drug-likeness (QED) is 0.688. The van der Waals surface area contributed by atoms with Gasteiger partial charge in [0, 0.05) is 5.38 Å². The average Bonchev–Trinajstić information content (AvgIpc) is 2.55. The van der Waals surface area contributed by atoms with Gasteiger partial charge in [0.1, 0.15) is 10.2 Å². The molecule has 0 bridgehead atoms. The maximum Gasteiger partial charge on any atom is 0.140 e. The van der Waals surface area contributed by atoms with Crippen LogP contribution in [0.4, 0.5) is 0 Å². The highest BCUT2D eigenvalue weighted by Crippen LogP contribution is 2.28. The highest BCUT2D eigenvalue weighted by Gasteiger charge is 2.02. The first kappa shape index (κ1) is 7.28. The zero-order valence-electron chi connectivity index (χ0n) is 5.45. The summed E-state index contributed by atoms with van der Waals surface area (Å²) >= 11 is 8.93. The largest absolute Gasteiger partial charge is 0.224 e. The fourth-order valence-electron chi connectivity index (χ4n) is 0.768. The molecule has 11 heavy (non-hydrogen) atoms. The van der Waals surface area contributed by atoms with Crippen molar-refractivity contribution >= 4 is 34.3 Å². The lowest BCUT2D eigenvalue weighted by molar-refractivity contribution is 1.43. The molecule has 2 aromatic rings. The van der Waals surface area contributed by atoms with Gasteiger partial charge in [0.15, 0.2) is 0 Å². The van der Waals surface area contributed by atoms with Crippen LogP contribution in [0.1, 0.15) is 0 Å². The lowest BCUT2D eigenvalue weighted by atomic mass is 10.5. The van der Waals surface area contributed by atoms with Gasteiger partial charge in [-0.1, -0.05) is 17.7 Å². The van der Waals surface area contributed by atoms with Crippen LogP contribution in [0.2, 0.25) is 5.15 Å². The maximum atomic E-state index is 5.68. The summed E-state index contributed by atoms with van der Waals surface area (Å²) in [5.74, 6) is 0. The summed E-state index contributed by atoms with van der Waals surface area (Å²) in [4.78, 5) is 5.33. The topological polar surface area (TPSA) is 12.9 Å². The van der Waals surface area contributed by atoms with Crippen LogP contribution in [-0.2, 0) is 0 Å². The highest BCUT2D eigenvalue weighted by molar-refractivity contribution is 7.20. The lowest BCUT2D eigenvalue weighted by Gasteiger charge is -1.84. The molecule has 2 heterocycles. The van der Waals surface area contributed by atoms with E-state index in [0.717, 1.165) is 5.01 Å². The minimum atomic E-state index is 0.582. The Morgan fingerprint density at radius 3 is 2.82 bits per heavy atom. The van der Waals surface area contributed by atoms with Crippen molar-refractivity contribution in [1.29, 1.82) is 0 Å². The number of hydrogen-bond acceptors (Lipinski definition) is 3. The molecule has 0 aliphatic rings. The van der Waals surface area contributed by atoms with Crippen LogP contribution in [0.5, 0.6) is 0 Å². The van der Waals surface area contributed by atoms with Gasteiger partial charge in [-0.3, -0.25) is 0 Å². The van der Waals surface area contributed by atoms with E-state index >= 15 is 0 Å². The fourth-order valence-corrected chi connectivity index (χ4v) is 2.53. The maximum absolute atomic E-state index is 5.68. The van der Waals surface area contributed by atoms with Crippen LogP contribution >= 0.6 is 34.3 Å². The Labute approximate surface area is 77.3 Å². The molecule has 56 valence electrons. The molecule has 0 amide bonds. The van der Waals surface area contributed by atoms with Crippen LogP contribution < -0.4 is 0 Å². The van der Waals surface area contributed by atoms with Gasteiger partial charge in [0.25, 0.3) is 0 Å². The summed E-state index contributed by atoms with van der Waals surface area (Å²) in [6.45, 7) is 0. The fraction of sp³-hybridized carbons (Fsp3) is 0. The van der Waals surface area contributed by atoms with Gasteiger partial charge in [-0.15, -0.1) is 22.7 Å². The number of thiophene rings is 1. The number of aromatic nitrogens is 1. The van der Waals surface area contributed by atoms with Crippen molar-refractivity contribution in [2.75, 3.05) is 0 Å². The van der Waals surface area contributed by atoms with Crippen molar-refractivity contribution in [3.63, 3.8) is 0 Å². The predicted octanol–water partition coefficient (Wildman–Crippen LogP) is 3.53. The molecule has 0 aromatic carbocycles. The summed E-state index contributed by atoms with van der Waals surface area (Å²) in [7, 11) is 0. The molecular weight excluding hydrogens is 198 g/mol. The second-order valence-electron chi connectivity index (χ2n) is 1.95. The van der Waals surface area contributed by atoms with E-state index in [2.05, 4.69) is 4.98 Å². The van der Waals surface area contributed by atoms with E-state index in [1.807, 2.05) is 22.9 Å². The monoisotopic (exact) mass is 201 g/mol. The van der Waals surface area contributed by atoms with Crippen LogP contribution in [-0.4, -0.2) is 4.98 Å². The minimum absolute atomic E-state index is 0.582. The van der Waals surface area contributed by atoms with E-state index in [1.165, 1.54) is 4.88 Å². The molecule has 0 N–H and O–H groups in total. The third-order valence-electron chi connectivity index (χ3n) is 1.21. The van der Waals surface area contributed by atoms with Gasteiger partial charge in [-0.05, 0) is 11.4 Å². The Hall–Kier alpha value is -0.380. The molecule has 0 fully saturated rings. The third kappa shape index (κ3) is 1.45. The zero-order valence-corrected chi connectivity index (χ0v) is 7.84. The lowest BCUT2D eigenvalue weighted by Crippen LogP contribution is -1.65. The SMILES string of the molecule is Clc1csc(-c2cccs2)n1. The third-order valence-corrected chi connectivity index (χ3v) is 3.41. The first-order valence-electron chi connectivity index (χ1n) is 3.01. The molecule has 2 rings (SSSR count). The Balaban J connectivity index is 2.45. The first-order valence-corrected chi connectivity index (χ1v) is 5.15. The van der Waals surface area contributed by atoms with Gasteiger partial charge in [0.2, 0.25) is 0 Å². The molecule has 0 saturated heterocycles. The molecular formula is C7H4ClNS2. The Kier molecular flexibility index (Phi) is 1.94. The second kappa shape index (κ2) is 2.93. The zero-order chi connectivity index (χ0) is 7.68. The first-order chi connectivity index (χ1) is 5.36. The van der Waals surface area contributed by atoms with E-state index in [-0.39, 0.29) is 0 Å². The summed E-state index contributed by atoms with van der Waals surface area (Å²) in [6.07, 6.45) is 0. The van der Waals surface area contributed by atoms with Gasteiger partial charge < -0.3 is 0 Å². The number of rotatable bonds is 1. The highest BCUT2D eigenvalue weighted by atomic mass is 35.5. The number of halogens is 1. The molecule has 0 aliphatic carbocycles. The van der Waals surface area contributed by atoms with E-state index in [4.69, 9.17) is 11.6 Å². The summed E-state index contributed by atoms with van der Waals surface area (Å²) in [5, 5.41) is 5.46. The van der Waals surface area contributed by atoms with E-state index < -0.39 is 0 Å². The molecule has 0 radical (unpaired) electrons. The Bertz CT molecular complexity index is 339. The van der Waals surface area contributed by atoms with Crippen molar-refractivity contribution < 1.29 is 0 Å². The smallest absolute Gasteiger partial charge is 0.140 e. The van der Waals surface area contributed by atoms with Gasteiger partial charge in [-0.25, -0.2) is 4.98 Å². The molecule has 0 atom stereocenters. The van der Waals surface area contributed by atoms with Crippen molar-refractivity contribution in [3.05, 3.63) is 28.0 Å². The normalized spacial score (nSPS) is 10.3. The van der Waals surface area contributed by atoms with Crippen LogP contribution in [0.25, 0.3) is 9.88 Å². The summed E-state index contributed by atoms with van der Waals surface area (Å²) in [6, 6.07) is 4.05. The number of hydrogen-bond donors (Lipinski definition) is 0. The standard InChI is InChI=1S/C7H4ClNS2/c8-6-4-11-7(9-6)5-2-1-3-10-5/h1-4H. The van der Waals surface area contributed by atoms with E-state index in [0.29, 0.717) is 5.15 Å². The van der Waals surface area contributed by atoms with Crippen LogP contribution in [0.15, 0.2) is 22.9 Å². The van der Waals surface area contributed by atoms with Crippen molar-refractivity contribution in [2.45, 2.75) is 0 Å². The molecule has 0 unspecified atom stereocenters. The molecule has 4 heteroatoms. The van der Waals surface area contributed by atoms with Gasteiger partial charge in [-0.2, -0.15) is 0 Å². The van der Waals surface area contributed by atoms with Crippen molar-refractivity contribution in [2.24, 2.45) is 0 Å². The number of nitrogens with zero attached hydrogens (tertiary/aromatic N) is 1. The van der Waals surface area contributed by atoms with E-state index in [9.17, 15) is 0 Å². The second-order valence-corrected chi connectivity index (χ2v) is 4.15. The molecule has 0 aliphatic heterocycles. The predicted molar refractivity (Wildman–Crippen MR) is 50.4 cm³/mol. The van der Waals surface area contributed by atoms with E-state index in [1.54, 1.807) is 22.7 Å². The van der Waals surface area contributed by atoms with Gasteiger partial charge in [0.05, 0.1) is 4.88 Å². The molecule has 1 nitrogen and oxygen atoms in total. The van der Waals surface area contributed by atoms with Crippen molar-refractivity contribution in [3.8, 4) is 9.88 Å². The Morgan fingerprint density at radius 1 is 1.36 bits per heavy atom. The van der Waals surface area contributed by atoms with Gasteiger partial charge >= 0.3 is 0 Å². The molecule has 0 spiro atoms. The number of thiazole rings is 1. The van der Waals surface area contributed by atoms with Crippen molar-refractivity contribution in [1.82, 2.24) is 4.98 Å². The molecule has 2 aromatic heterocycles. The summed E-state index contributed by atoms with van der Waals surface area (Å²) < 4.78 is 0. The Morgan fingerprint density at radius 2 is 2.27 bits per heavy atom. The summed E-state index contributed by atoms with van der Waals surface area (Å²) in [5.41, 5.74) is 0. The average molecular weight is 202 g/mol. The minimum Gasteiger partial charge on any atom is -0.224 e.